The van der Waals surface area contributed by atoms with Crippen LogP contribution in [0.15, 0.2) is 30.3 Å². The summed E-state index contributed by atoms with van der Waals surface area (Å²) in [6, 6.07) is 11.2. The van der Waals surface area contributed by atoms with Crippen LogP contribution in [0.2, 0.25) is 0 Å². The number of hydrogen-bond donors (Lipinski definition) is 2. The van der Waals surface area contributed by atoms with Crippen LogP contribution in [0.4, 0.5) is 11.5 Å². The van der Waals surface area contributed by atoms with Gasteiger partial charge in [0.1, 0.15) is 5.82 Å². The van der Waals surface area contributed by atoms with E-state index in [1.165, 1.54) is 23.9 Å². The summed E-state index contributed by atoms with van der Waals surface area (Å²) in [7, 11) is 4.15. The number of nitrogens with one attached hydrogen (secondary N) is 2. The largest absolute Gasteiger partial charge is 0.377 e. The van der Waals surface area contributed by atoms with E-state index in [-0.39, 0.29) is 5.92 Å². The highest BCUT2D eigenvalue weighted by Gasteiger charge is 2.27. The Morgan fingerprint density at radius 3 is 2.39 bits per heavy atom. The molecule has 5 nitrogen and oxygen atoms in total. The lowest BCUT2D eigenvalue weighted by molar-refractivity contribution is -0.125. The lowest BCUT2D eigenvalue weighted by Crippen LogP contribution is -2.42. The van der Waals surface area contributed by atoms with Crippen molar-refractivity contribution in [3.05, 3.63) is 30.3 Å². The molecule has 2 saturated carbocycles. The smallest absolute Gasteiger partial charge is 0.223 e. The average molecular weight is 381 g/mol. The number of aromatic nitrogens is 1. The molecule has 1 heterocycles. The van der Waals surface area contributed by atoms with Gasteiger partial charge in [-0.05, 0) is 44.6 Å². The molecule has 4 rings (SSSR count). The molecule has 0 spiro atoms. The number of carbonyl (C=O) groups excluding carboxylic acids is 1. The highest BCUT2D eigenvalue weighted by Crippen LogP contribution is 2.30. The fourth-order valence-corrected chi connectivity index (χ4v) is 4.70. The number of benzene rings is 1. The van der Waals surface area contributed by atoms with Gasteiger partial charge >= 0.3 is 0 Å². The Hall–Kier alpha value is -2.30. The van der Waals surface area contributed by atoms with Crippen LogP contribution in [-0.2, 0) is 4.79 Å². The standard InChI is InChI=1S/C23H32N4O/c1-27(2)21-15-22(26-20-10-6-5-9-19(20)21)24-17-11-13-18(14-12-17)25-23(28)16-7-3-4-8-16/h5-6,9-10,15-18H,3-4,7-8,11-14H2,1-2H3,(H,24,26)(H,25,28)/t17-,18+. The van der Waals surface area contributed by atoms with E-state index in [1.54, 1.807) is 0 Å². The van der Waals surface area contributed by atoms with E-state index in [4.69, 9.17) is 4.98 Å². The van der Waals surface area contributed by atoms with Gasteiger partial charge in [-0.15, -0.1) is 0 Å². The molecule has 0 aliphatic heterocycles. The molecule has 0 radical (unpaired) electrons. The lowest BCUT2D eigenvalue weighted by atomic mass is 9.90. The third kappa shape index (κ3) is 4.23. The van der Waals surface area contributed by atoms with Crippen molar-refractivity contribution in [3.8, 4) is 0 Å². The number of fused-ring (bicyclic) bond motifs is 1. The quantitative estimate of drug-likeness (QED) is 0.811. The minimum atomic E-state index is 0.266. The number of hydrogen-bond acceptors (Lipinski definition) is 4. The van der Waals surface area contributed by atoms with E-state index in [9.17, 15) is 4.79 Å². The zero-order chi connectivity index (χ0) is 19.5. The van der Waals surface area contributed by atoms with Gasteiger partial charge in [0.25, 0.3) is 0 Å². The number of pyridine rings is 1. The molecule has 0 unspecified atom stereocenters. The SMILES string of the molecule is CN(C)c1cc(N[C@H]2CC[C@@H](NC(=O)C3CCCC3)CC2)nc2ccccc12. The van der Waals surface area contributed by atoms with Gasteiger partial charge in [-0.2, -0.15) is 0 Å². The summed E-state index contributed by atoms with van der Waals surface area (Å²) in [5.74, 6) is 1.50. The number of anilines is 2. The summed E-state index contributed by atoms with van der Waals surface area (Å²) in [4.78, 5) is 19.3. The molecule has 150 valence electrons. The third-order valence-electron chi connectivity index (χ3n) is 6.33. The number of carbonyl (C=O) groups is 1. The maximum atomic E-state index is 12.4. The molecule has 0 atom stereocenters. The van der Waals surface area contributed by atoms with E-state index in [0.29, 0.717) is 18.0 Å². The molecule has 2 fully saturated rings. The molecular weight excluding hydrogens is 348 g/mol. The molecule has 2 aliphatic carbocycles. The highest BCUT2D eigenvalue weighted by atomic mass is 16.1. The first kappa shape index (κ1) is 19.0. The Kier molecular flexibility index (Phi) is 5.69. The molecule has 5 heteroatoms. The number of nitrogens with zero attached hydrogens (tertiary/aromatic N) is 2. The van der Waals surface area contributed by atoms with Gasteiger partial charge in [0.05, 0.1) is 5.52 Å². The summed E-state index contributed by atoms with van der Waals surface area (Å²) in [6.45, 7) is 0. The van der Waals surface area contributed by atoms with Crippen LogP contribution < -0.4 is 15.5 Å². The van der Waals surface area contributed by atoms with Crippen molar-refractivity contribution in [3.63, 3.8) is 0 Å². The highest BCUT2D eigenvalue weighted by molar-refractivity contribution is 5.93. The van der Waals surface area contributed by atoms with E-state index < -0.39 is 0 Å². The van der Waals surface area contributed by atoms with Crippen molar-refractivity contribution < 1.29 is 4.79 Å². The molecule has 2 N–H and O–H groups in total. The summed E-state index contributed by atoms with van der Waals surface area (Å²) >= 11 is 0. The van der Waals surface area contributed by atoms with E-state index >= 15 is 0 Å². The molecule has 0 saturated heterocycles. The summed E-state index contributed by atoms with van der Waals surface area (Å²) in [5, 5.41) is 8.13. The topological polar surface area (TPSA) is 57.3 Å². The summed E-state index contributed by atoms with van der Waals surface area (Å²) in [6.07, 6.45) is 8.80. The molecule has 28 heavy (non-hydrogen) atoms. The van der Waals surface area contributed by atoms with Gasteiger partial charge < -0.3 is 15.5 Å². The Balaban J connectivity index is 1.36. The second kappa shape index (κ2) is 8.38. The van der Waals surface area contributed by atoms with Crippen LogP contribution in [0.5, 0.6) is 0 Å². The predicted octanol–water partition coefficient (Wildman–Crippen LogP) is 4.33. The Bertz CT molecular complexity index is 820. The molecule has 1 aromatic heterocycles. The normalized spacial score (nSPS) is 22.9. The van der Waals surface area contributed by atoms with Crippen molar-refractivity contribution in [2.75, 3.05) is 24.3 Å². The minimum absolute atomic E-state index is 0.266. The van der Waals surface area contributed by atoms with Gasteiger partial charge in [0.2, 0.25) is 5.91 Å². The van der Waals surface area contributed by atoms with Crippen molar-refractivity contribution >= 4 is 28.3 Å². The number of para-hydroxylation sites is 1. The maximum Gasteiger partial charge on any atom is 0.223 e. The van der Waals surface area contributed by atoms with Crippen molar-refractivity contribution in [2.45, 2.75) is 63.5 Å². The van der Waals surface area contributed by atoms with Crippen LogP contribution >= 0.6 is 0 Å². The predicted molar refractivity (Wildman–Crippen MR) is 116 cm³/mol. The van der Waals surface area contributed by atoms with Gasteiger partial charge in [-0.3, -0.25) is 4.79 Å². The number of amides is 1. The maximum absolute atomic E-state index is 12.4. The molecular formula is C23H32N4O. The van der Waals surface area contributed by atoms with E-state index in [2.05, 4.69) is 53.9 Å². The minimum Gasteiger partial charge on any atom is -0.377 e. The second-order valence-corrected chi connectivity index (χ2v) is 8.62. The zero-order valence-corrected chi connectivity index (χ0v) is 17.1. The van der Waals surface area contributed by atoms with E-state index in [0.717, 1.165) is 49.9 Å². The molecule has 0 bridgehead atoms. The molecule has 2 aromatic rings. The fourth-order valence-electron chi connectivity index (χ4n) is 4.70. The average Bonchev–Trinajstić information content (AvgIpc) is 3.24. The van der Waals surface area contributed by atoms with Gasteiger partial charge in [0, 0.05) is 49.2 Å². The van der Waals surface area contributed by atoms with Crippen LogP contribution in [0.1, 0.15) is 51.4 Å². The Morgan fingerprint density at radius 1 is 1.00 bits per heavy atom. The van der Waals surface area contributed by atoms with Gasteiger partial charge in [-0.25, -0.2) is 4.98 Å². The molecule has 1 aromatic carbocycles. The number of rotatable bonds is 5. The fraction of sp³-hybridized carbons (Fsp3) is 0.565. The van der Waals surface area contributed by atoms with Crippen LogP contribution in [0.3, 0.4) is 0 Å². The Labute approximate surface area is 167 Å². The van der Waals surface area contributed by atoms with Crippen molar-refractivity contribution in [1.82, 2.24) is 10.3 Å². The first-order valence-corrected chi connectivity index (χ1v) is 10.7. The van der Waals surface area contributed by atoms with Crippen LogP contribution in [-0.4, -0.2) is 37.1 Å². The molecule has 1 amide bonds. The first-order valence-electron chi connectivity index (χ1n) is 10.7. The van der Waals surface area contributed by atoms with E-state index in [1.807, 2.05) is 6.07 Å². The van der Waals surface area contributed by atoms with Crippen LogP contribution in [0.25, 0.3) is 10.9 Å². The summed E-state index contributed by atoms with van der Waals surface area (Å²) in [5.41, 5.74) is 2.21. The van der Waals surface area contributed by atoms with Gasteiger partial charge in [-0.1, -0.05) is 31.0 Å². The third-order valence-corrected chi connectivity index (χ3v) is 6.33. The zero-order valence-electron chi connectivity index (χ0n) is 17.1. The molecule has 2 aliphatic rings. The van der Waals surface area contributed by atoms with Gasteiger partial charge in [0.15, 0.2) is 0 Å². The Morgan fingerprint density at radius 2 is 1.68 bits per heavy atom. The van der Waals surface area contributed by atoms with Crippen molar-refractivity contribution in [1.29, 1.82) is 0 Å². The summed E-state index contributed by atoms with van der Waals surface area (Å²) < 4.78 is 0. The second-order valence-electron chi connectivity index (χ2n) is 8.62. The lowest BCUT2D eigenvalue weighted by Gasteiger charge is -2.31. The van der Waals surface area contributed by atoms with Crippen LogP contribution in [0, 0.1) is 5.92 Å². The van der Waals surface area contributed by atoms with Crippen molar-refractivity contribution in [2.24, 2.45) is 5.92 Å². The monoisotopic (exact) mass is 380 g/mol. The first-order chi connectivity index (χ1) is 13.6.